The Labute approximate surface area is 124 Å². The second kappa shape index (κ2) is 6.41. The van der Waals surface area contributed by atoms with Crippen molar-refractivity contribution in [1.29, 1.82) is 0 Å². The lowest BCUT2D eigenvalue weighted by molar-refractivity contribution is 0.119. The fraction of sp³-hybridized carbons (Fsp3) is 0.533. The van der Waals surface area contributed by atoms with Crippen LogP contribution in [0.4, 0.5) is 14.9 Å². The molecule has 0 aliphatic carbocycles. The van der Waals surface area contributed by atoms with E-state index in [1.165, 1.54) is 18.6 Å². The van der Waals surface area contributed by atoms with Crippen molar-refractivity contribution in [2.45, 2.75) is 12.5 Å². The van der Waals surface area contributed by atoms with Crippen LogP contribution in [0.2, 0.25) is 0 Å². The van der Waals surface area contributed by atoms with E-state index in [0.29, 0.717) is 11.7 Å². The molecule has 1 aromatic carbocycles. The maximum Gasteiger partial charge on any atom is 0.321 e. The number of benzene rings is 1. The first-order chi connectivity index (χ1) is 10.2. The lowest BCUT2D eigenvalue weighted by atomic mass is 10.2. The van der Waals surface area contributed by atoms with Gasteiger partial charge in [0.15, 0.2) is 0 Å². The Kier molecular flexibility index (Phi) is 4.36. The Morgan fingerprint density at radius 2 is 1.90 bits per heavy atom. The van der Waals surface area contributed by atoms with Crippen LogP contribution in [0.15, 0.2) is 24.3 Å². The molecule has 2 fully saturated rings. The summed E-state index contributed by atoms with van der Waals surface area (Å²) >= 11 is 0. The molecule has 2 heterocycles. The number of halogens is 1. The van der Waals surface area contributed by atoms with Gasteiger partial charge in [-0.05, 0) is 37.2 Å². The van der Waals surface area contributed by atoms with Crippen LogP contribution in [0.25, 0.3) is 0 Å². The molecule has 21 heavy (non-hydrogen) atoms. The molecule has 5 nitrogen and oxygen atoms in total. The molecule has 0 saturated carbocycles. The van der Waals surface area contributed by atoms with Gasteiger partial charge in [-0.25, -0.2) is 9.18 Å². The summed E-state index contributed by atoms with van der Waals surface area (Å²) in [6.07, 6.45) is 1.20. The Balaban J connectivity index is 1.49. The highest BCUT2D eigenvalue weighted by Crippen LogP contribution is 2.14. The highest BCUT2D eigenvalue weighted by molar-refractivity contribution is 5.89. The summed E-state index contributed by atoms with van der Waals surface area (Å²) in [5, 5.41) is 6.19. The minimum Gasteiger partial charge on any atom is -0.322 e. The van der Waals surface area contributed by atoms with E-state index in [0.717, 1.165) is 39.3 Å². The van der Waals surface area contributed by atoms with Crippen LogP contribution in [-0.4, -0.2) is 61.1 Å². The number of urea groups is 1. The van der Waals surface area contributed by atoms with Crippen LogP contribution in [-0.2, 0) is 0 Å². The standard InChI is InChI=1S/C15H21FN4O/c16-12-1-3-13(4-2-12)18-15(21)20-9-7-19(8-10-20)14-5-6-17-11-14/h1-4,14,17H,5-11H2,(H,18,21). The molecular formula is C15H21FN4O. The van der Waals surface area contributed by atoms with Crippen LogP contribution in [0.1, 0.15) is 6.42 Å². The topological polar surface area (TPSA) is 47.6 Å². The fourth-order valence-electron chi connectivity index (χ4n) is 2.98. The molecule has 1 unspecified atom stereocenters. The number of nitrogens with one attached hydrogen (secondary N) is 2. The van der Waals surface area contributed by atoms with E-state index in [4.69, 9.17) is 0 Å². The van der Waals surface area contributed by atoms with E-state index in [-0.39, 0.29) is 11.8 Å². The first kappa shape index (κ1) is 14.3. The van der Waals surface area contributed by atoms with Gasteiger partial charge in [0.25, 0.3) is 0 Å². The van der Waals surface area contributed by atoms with Gasteiger partial charge in [-0.15, -0.1) is 0 Å². The third-order valence-electron chi connectivity index (χ3n) is 4.25. The molecule has 2 aliphatic heterocycles. The number of piperazine rings is 1. The molecule has 0 spiro atoms. The largest absolute Gasteiger partial charge is 0.322 e. The molecule has 3 rings (SSSR count). The molecule has 2 aliphatic rings. The zero-order chi connectivity index (χ0) is 14.7. The number of hydrogen-bond donors (Lipinski definition) is 2. The van der Waals surface area contributed by atoms with Crippen molar-refractivity contribution in [3.63, 3.8) is 0 Å². The summed E-state index contributed by atoms with van der Waals surface area (Å²) in [7, 11) is 0. The fourth-order valence-corrected chi connectivity index (χ4v) is 2.98. The maximum absolute atomic E-state index is 12.8. The zero-order valence-electron chi connectivity index (χ0n) is 12.0. The van der Waals surface area contributed by atoms with Gasteiger partial charge in [0.1, 0.15) is 5.82 Å². The van der Waals surface area contributed by atoms with Gasteiger partial charge in [0.05, 0.1) is 0 Å². The van der Waals surface area contributed by atoms with Gasteiger partial charge in [-0.3, -0.25) is 4.90 Å². The van der Waals surface area contributed by atoms with Gasteiger partial charge in [-0.1, -0.05) is 0 Å². The number of carbonyl (C=O) groups excluding carboxylic acids is 1. The molecule has 2 saturated heterocycles. The zero-order valence-corrected chi connectivity index (χ0v) is 12.0. The predicted molar refractivity (Wildman–Crippen MR) is 79.8 cm³/mol. The van der Waals surface area contributed by atoms with Crippen molar-refractivity contribution in [2.75, 3.05) is 44.6 Å². The Morgan fingerprint density at radius 1 is 1.19 bits per heavy atom. The normalized spacial score (nSPS) is 23.3. The van der Waals surface area contributed by atoms with Crippen molar-refractivity contribution in [2.24, 2.45) is 0 Å². The van der Waals surface area contributed by atoms with Crippen molar-refractivity contribution >= 4 is 11.7 Å². The van der Waals surface area contributed by atoms with Crippen LogP contribution >= 0.6 is 0 Å². The van der Waals surface area contributed by atoms with E-state index in [2.05, 4.69) is 15.5 Å². The first-order valence-electron chi connectivity index (χ1n) is 7.48. The number of rotatable bonds is 2. The van der Waals surface area contributed by atoms with Crippen LogP contribution in [0.3, 0.4) is 0 Å². The second-order valence-corrected chi connectivity index (χ2v) is 5.61. The van der Waals surface area contributed by atoms with Crippen molar-refractivity contribution in [3.05, 3.63) is 30.1 Å². The highest BCUT2D eigenvalue weighted by atomic mass is 19.1. The third-order valence-corrected chi connectivity index (χ3v) is 4.25. The molecule has 0 bridgehead atoms. The minimum atomic E-state index is -0.299. The van der Waals surface area contributed by atoms with E-state index in [1.807, 2.05) is 4.90 Å². The summed E-state index contributed by atoms with van der Waals surface area (Å²) in [4.78, 5) is 16.5. The summed E-state index contributed by atoms with van der Waals surface area (Å²) in [6.45, 7) is 5.47. The highest BCUT2D eigenvalue weighted by Gasteiger charge is 2.27. The first-order valence-corrected chi connectivity index (χ1v) is 7.48. The number of hydrogen-bond acceptors (Lipinski definition) is 3. The Hall–Kier alpha value is -1.66. The third kappa shape index (κ3) is 3.51. The Morgan fingerprint density at radius 3 is 2.52 bits per heavy atom. The second-order valence-electron chi connectivity index (χ2n) is 5.61. The average molecular weight is 292 g/mol. The lowest BCUT2D eigenvalue weighted by Gasteiger charge is -2.37. The van der Waals surface area contributed by atoms with E-state index in [1.54, 1.807) is 12.1 Å². The quantitative estimate of drug-likeness (QED) is 0.865. The number of anilines is 1. The van der Waals surface area contributed by atoms with Crippen LogP contribution in [0.5, 0.6) is 0 Å². The summed E-state index contributed by atoms with van der Waals surface area (Å²) in [5.41, 5.74) is 0.629. The summed E-state index contributed by atoms with van der Waals surface area (Å²) in [6, 6.07) is 6.36. The summed E-state index contributed by atoms with van der Waals surface area (Å²) in [5.74, 6) is -0.299. The smallest absolute Gasteiger partial charge is 0.321 e. The summed E-state index contributed by atoms with van der Waals surface area (Å²) < 4.78 is 12.8. The van der Waals surface area contributed by atoms with Gasteiger partial charge in [0, 0.05) is 44.5 Å². The Bertz CT molecular complexity index is 479. The number of nitrogens with zero attached hydrogens (tertiary/aromatic N) is 2. The molecule has 2 N–H and O–H groups in total. The minimum absolute atomic E-state index is 0.106. The van der Waals surface area contributed by atoms with E-state index in [9.17, 15) is 9.18 Å². The van der Waals surface area contributed by atoms with Gasteiger partial charge in [0.2, 0.25) is 0 Å². The number of carbonyl (C=O) groups is 1. The van der Waals surface area contributed by atoms with Gasteiger partial charge in [-0.2, -0.15) is 0 Å². The average Bonchev–Trinajstić information content (AvgIpc) is 3.04. The molecule has 1 aromatic rings. The van der Waals surface area contributed by atoms with Gasteiger partial charge < -0.3 is 15.5 Å². The van der Waals surface area contributed by atoms with Crippen molar-refractivity contribution < 1.29 is 9.18 Å². The number of amides is 2. The molecule has 6 heteroatoms. The molecule has 114 valence electrons. The molecule has 2 amide bonds. The monoisotopic (exact) mass is 292 g/mol. The molecule has 1 atom stereocenters. The van der Waals surface area contributed by atoms with Crippen LogP contribution < -0.4 is 10.6 Å². The molecule has 0 aromatic heterocycles. The lowest BCUT2D eigenvalue weighted by Crippen LogP contribution is -2.53. The van der Waals surface area contributed by atoms with Crippen molar-refractivity contribution in [3.8, 4) is 0 Å². The molecular weight excluding hydrogens is 271 g/mol. The van der Waals surface area contributed by atoms with Crippen molar-refractivity contribution in [1.82, 2.24) is 15.1 Å². The van der Waals surface area contributed by atoms with Crippen LogP contribution in [0, 0.1) is 5.82 Å². The molecule has 0 radical (unpaired) electrons. The van der Waals surface area contributed by atoms with E-state index >= 15 is 0 Å². The predicted octanol–water partition coefficient (Wildman–Crippen LogP) is 1.34. The van der Waals surface area contributed by atoms with E-state index < -0.39 is 0 Å². The SMILES string of the molecule is O=C(Nc1ccc(F)cc1)N1CCN(C2CCNC2)CC1. The maximum atomic E-state index is 12.8. The van der Waals surface area contributed by atoms with Gasteiger partial charge >= 0.3 is 6.03 Å².